The minimum absolute atomic E-state index is 0.883. The molecule has 0 radical (unpaired) electrons. The minimum atomic E-state index is 0.883. The maximum atomic E-state index is 6.56. The number of hydrogen-bond acceptors (Lipinski definition) is 2. The number of anilines is 3. The average Bonchev–Trinajstić information content (AvgIpc) is 3.88. The van der Waals surface area contributed by atoms with Crippen molar-refractivity contribution < 1.29 is 4.42 Å². The molecular weight excluding hydrogens is 741 g/mol. The summed E-state index contributed by atoms with van der Waals surface area (Å²) in [6.45, 7) is 0. The Labute approximate surface area is 353 Å². The van der Waals surface area contributed by atoms with Crippen molar-refractivity contribution in [3.63, 3.8) is 0 Å². The van der Waals surface area contributed by atoms with Crippen LogP contribution in [0.1, 0.15) is 0 Å². The Hall–Kier alpha value is -8.14. The zero-order valence-corrected chi connectivity index (χ0v) is 33.2. The van der Waals surface area contributed by atoms with E-state index < -0.39 is 0 Å². The molecule has 0 spiro atoms. The molecule has 0 aliphatic rings. The van der Waals surface area contributed by atoms with Crippen LogP contribution in [-0.4, -0.2) is 4.57 Å². The second kappa shape index (κ2) is 14.3. The first kappa shape index (κ1) is 34.9. The zero-order valence-electron chi connectivity index (χ0n) is 33.2. The molecule has 12 rings (SSSR count). The van der Waals surface area contributed by atoms with Crippen LogP contribution < -0.4 is 4.90 Å². The number of furan rings is 1. The molecule has 0 aliphatic carbocycles. The lowest BCUT2D eigenvalue weighted by Crippen LogP contribution is -2.10. The molecule has 0 unspecified atom stereocenters. The lowest BCUT2D eigenvalue weighted by atomic mass is 9.98. The highest BCUT2D eigenvalue weighted by Gasteiger charge is 2.19. The van der Waals surface area contributed by atoms with E-state index in [1.165, 1.54) is 38.2 Å². The Morgan fingerprint density at radius 3 is 1.79 bits per heavy atom. The van der Waals surface area contributed by atoms with Gasteiger partial charge in [-0.15, -0.1) is 0 Å². The summed E-state index contributed by atoms with van der Waals surface area (Å²) in [6, 6.07) is 82.9. The van der Waals surface area contributed by atoms with Crippen LogP contribution in [0.3, 0.4) is 0 Å². The van der Waals surface area contributed by atoms with Gasteiger partial charge >= 0.3 is 0 Å². The van der Waals surface area contributed by atoms with Gasteiger partial charge in [0.2, 0.25) is 0 Å². The number of hydrogen-bond donors (Lipinski definition) is 0. The summed E-state index contributed by atoms with van der Waals surface area (Å²) in [4.78, 5) is 2.39. The molecule has 2 aromatic heterocycles. The quantitative estimate of drug-likeness (QED) is 0.161. The van der Waals surface area contributed by atoms with Crippen LogP contribution in [0, 0.1) is 0 Å². The number of benzene rings is 10. The minimum Gasteiger partial charge on any atom is -0.455 e. The average molecular weight is 779 g/mol. The second-order valence-corrected chi connectivity index (χ2v) is 15.7. The molecule has 0 amide bonds. The van der Waals surface area contributed by atoms with Crippen molar-refractivity contribution in [2.45, 2.75) is 0 Å². The third-order valence-electron chi connectivity index (χ3n) is 12.2. The van der Waals surface area contributed by atoms with E-state index in [4.69, 9.17) is 4.42 Å². The third kappa shape index (κ3) is 5.90. The van der Waals surface area contributed by atoms with Crippen LogP contribution in [0.15, 0.2) is 235 Å². The Kier molecular flexibility index (Phi) is 8.17. The van der Waals surface area contributed by atoms with Crippen molar-refractivity contribution >= 4 is 71.6 Å². The normalized spacial score (nSPS) is 11.6. The van der Waals surface area contributed by atoms with Crippen LogP contribution in [0.4, 0.5) is 17.1 Å². The monoisotopic (exact) mass is 778 g/mol. The largest absolute Gasteiger partial charge is 0.455 e. The number of aromatic nitrogens is 1. The molecule has 0 aliphatic heterocycles. The fraction of sp³-hybridized carbons (Fsp3) is 0. The summed E-state index contributed by atoms with van der Waals surface area (Å²) in [6.07, 6.45) is 0. The van der Waals surface area contributed by atoms with Crippen LogP contribution in [0.2, 0.25) is 0 Å². The van der Waals surface area contributed by atoms with Crippen molar-refractivity contribution in [2.75, 3.05) is 4.90 Å². The molecule has 0 atom stereocenters. The second-order valence-electron chi connectivity index (χ2n) is 15.7. The summed E-state index contributed by atoms with van der Waals surface area (Å²) in [7, 11) is 0. The molecule has 61 heavy (non-hydrogen) atoms. The van der Waals surface area contributed by atoms with Gasteiger partial charge in [-0.1, -0.05) is 164 Å². The Balaban J connectivity index is 1.02. The number of para-hydroxylation sites is 3. The zero-order chi connectivity index (χ0) is 40.3. The number of nitrogens with zero attached hydrogens (tertiary/aromatic N) is 2. The highest BCUT2D eigenvalue weighted by Crippen LogP contribution is 2.43. The Morgan fingerprint density at radius 2 is 0.918 bits per heavy atom. The van der Waals surface area contributed by atoms with E-state index in [1.807, 2.05) is 6.07 Å². The van der Waals surface area contributed by atoms with Gasteiger partial charge in [0.25, 0.3) is 0 Å². The number of rotatable bonds is 7. The predicted octanol–water partition coefficient (Wildman–Crippen LogP) is 16.3. The van der Waals surface area contributed by atoms with E-state index in [9.17, 15) is 0 Å². The highest BCUT2D eigenvalue weighted by molar-refractivity contribution is 6.12. The standard InChI is InChI=1S/C58H38N2O/c1-3-14-40(15-4-1)50-25-13-26-53-54-37-43(30-35-57(54)61-58(50)53)42-18-11-21-46(36-42)59(45-31-28-41(29-32-45)49-24-12-17-39-16-7-8-22-48(39)49)47-33-34-52-51-23-9-10-27-55(51)60(56(52)38-47)44-19-5-2-6-20-44/h1-38H. The molecule has 3 nitrogen and oxygen atoms in total. The first-order chi connectivity index (χ1) is 30.2. The van der Waals surface area contributed by atoms with Gasteiger partial charge < -0.3 is 13.9 Å². The van der Waals surface area contributed by atoms with Gasteiger partial charge in [0, 0.05) is 49.9 Å². The van der Waals surface area contributed by atoms with Gasteiger partial charge in [0.15, 0.2) is 0 Å². The molecule has 0 N–H and O–H groups in total. The van der Waals surface area contributed by atoms with Crippen molar-refractivity contribution in [2.24, 2.45) is 0 Å². The van der Waals surface area contributed by atoms with Gasteiger partial charge in [-0.2, -0.15) is 0 Å². The molecular formula is C58H38N2O. The van der Waals surface area contributed by atoms with Crippen molar-refractivity contribution in [1.82, 2.24) is 4.57 Å². The molecule has 3 heteroatoms. The van der Waals surface area contributed by atoms with E-state index in [-0.39, 0.29) is 0 Å². The summed E-state index contributed by atoms with van der Waals surface area (Å²) < 4.78 is 8.95. The fourth-order valence-corrected chi connectivity index (χ4v) is 9.32. The molecule has 286 valence electrons. The third-order valence-corrected chi connectivity index (χ3v) is 12.2. The fourth-order valence-electron chi connectivity index (χ4n) is 9.32. The van der Waals surface area contributed by atoms with Gasteiger partial charge in [0.05, 0.1) is 11.0 Å². The maximum absolute atomic E-state index is 6.56. The van der Waals surface area contributed by atoms with Crippen molar-refractivity contribution in [3.05, 3.63) is 231 Å². The molecule has 0 saturated carbocycles. The SMILES string of the molecule is c1ccc(-c2cccc3c2oc2ccc(-c4cccc(N(c5ccc(-c6cccc7ccccc67)cc5)c5ccc6c7ccccc7n(-c7ccccc7)c6c5)c4)cc23)cc1. The van der Waals surface area contributed by atoms with Gasteiger partial charge in [-0.3, -0.25) is 0 Å². The van der Waals surface area contributed by atoms with E-state index in [0.717, 1.165) is 72.5 Å². The molecule has 2 heterocycles. The van der Waals surface area contributed by atoms with Crippen LogP contribution in [0.5, 0.6) is 0 Å². The van der Waals surface area contributed by atoms with E-state index in [1.54, 1.807) is 0 Å². The van der Waals surface area contributed by atoms with E-state index >= 15 is 0 Å². The molecule has 10 aromatic carbocycles. The first-order valence-corrected chi connectivity index (χ1v) is 20.8. The van der Waals surface area contributed by atoms with Crippen LogP contribution in [0.25, 0.3) is 93.6 Å². The van der Waals surface area contributed by atoms with E-state index in [0.29, 0.717) is 0 Å². The van der Waals surface area contributed by atoms with Gasteiger partial charge in [0.1, 0.15) is 11.2 Å². The smallest absolute Gasteiger partial charge is 0.143 e. The summed E-state index contributed by atoms with van der Waals surface area (Å²) >= 11 is 0. The molecule has 0 fully saturated rings. The summed E-state index contributed by atoms with van der Waals surface area (Å²) in [5.41, 5.74) is 15.4. The lowest BCUT2D eigenvalue weighted by molar-refractivity contribution is 0.670. The highest BCUT2D eigenvalue weighted by atomic mass is 16.3. The van der Waals surface area contributed by atoms with E-state index in [2.05, 4.69) is 234 Å². The molecule has 0 saturated heterocycles. The van der Waals surface area contributed by atoms with Gasteiger partial charge in [-0.25, -0.2) is 0 Å². The van der Waals surface area contributed by atoms with Crippen molar-refractivity contribution in [3.8, 4) is 39.1 Å². The predicted molar refractivity (Wildman–Crippen MR) is 257 cm³/mol. The lowest BCUT2D eigenvalue weighted by Gasteiger charge is -2.26. The van der Waals surface area contributed by atoms with Crippen LogP contribution >= 0.6 is 0 Å². The molecule has 12 aromatic rings. The topological polar surface area (TPSA) is 21.3 Å². The first-order valence-electron chi connectivity index (χ1n) is 20.8. The van der Waals surface area contributed by atoms with Crippen molar-refractivity contribution in [1.29, 1.82) is 0 Å². The van der Waals surface area contributed by atoms with Crippen LogP contribution in [-0.2, 0) is 0 Å². The molecule has 0 bridgehead atoms. The summed E-state index contributed by atoms with van der Waals surface area (Å²) in [5, 5.41) is 7.17. The summed E-state index contributed by atoms with van der Waals surface area (Å²) in [5.74, 6) is 0. The number of fused-ring (bicyclic) bond motifs is 7. The maximum Gasteiger partial charge on any atom is 0.143 e. The van der Waals surface area contributed by atoms with Gasteiger partial charge in [-0.05, 0) is 105 Å². The Morgan fingerprint density at radius 1 is 0.328 bits per heavy atom. The Bertz CT molecular complexity index is 3580.